The Balaban J connectivity index is 1.49. The minimum absolute atomic E-state index is 0.0786. The summed E-state index contributed by atoms with van der Waals surface area (Å²) in [7, 11) is 0. The number of nitrogens with one attached hydrogen (secondary N) is 2. The van der Waals surface area contributed by atoms with Gasteiger partial charge in [-0.05, 0) is 56.8 Å². The minimum Gasteiger partial charge on any atom is -0.367 e. The van der Waals surface area contributed by atoms with Crippen molar-refractivity contribution in [2.24, 2.45) is 0 Å². The molecular formula is C17H20N4OS2. The molecule has 1 aromatic carbocycles. The minimum atomic E-state index is 0.0786. The van der Waals surface area contributed by atoms with E-state index < -0.39 is 0 Å². The van der Waals surface area contributed by atoms with Crippen molar-refractivity contribution < 1.29 is 4.79 Å². The molecule has 0 radical (unpaired) electrons. The van der Waals surface area contributed by atoms with Crippen molar-refractivity contribution in [1.82, 2.24) is 14.6 Å². The van der Waals surface area contributed by atoms with E-state index in [1.807, 2.05) is 30.2 Å². The van der Waals surface area contributed by atoms with Gasteiger partial charge in [-0.15, -0.1) is 11.3 Å². The molecule has 1 fully saturated rings. The highest BCUT2D eigenvalue weighted by Gasteiger charge is 2.37. The number of aryl methyl sites for hydroxylation is 1. The van der Waals surface area contributed by atoms with Crippen LogP contribution in [0.15, 0.2) is 29.3 Å². The molecule has 4 rings (SSSR count). The largest absolute Gasteiger partial charge is 0.367 e. The molecule has 0 spiro atoms. The second-order valence-corrected chi connectivity index (χ2v) is 8.85. The number of amides is 1. The number of hydrogen-bond donors (Lipinski definition) is 2. The quantitative estimate of drug-likeness (QED) is 0.798. The Labute approximate surface area is 150 Å². The zero-order chi connectivity index (χ0) is 16.7. The predicted molar refractivity (Wildman–Crippen MR) is 98.3 cm³/mol. The Morgan fingerprint density at radius 1 is 1.46 bits per heavy atom. The second kappa shape index (κ2) is 6.06. The van der Waals surface area contributed by atoms with E-state index in [2.05, 4.69) is 28.0 Å². The molecular weight excluding hydrogens is 340 g/mol. The van der Waals surface area contributed by atoms with Gasteiger partial charge in [-0.3, -0.25) is 9.52 Å². The summed E-state index contributed by atoms with van der Waals surface area (Å²) < 4.78 is 3.49. The van der Waals surface area contributed by atoms with Gasteiger partial charge >= 0.3 is 0 Å². The first kappa shape index (κ1) is 15.9. The fourth-order valence-electron chi connectivity index (χ4n) is 2.61. The van der Waals surface area contributed by atoms with Crippen molar-refractivity contribution in [3.8, 4) is 0 Å². The number of aromatic nitrogens is 1. The zero-order valence-electron chi connectivity index (χ0n) is 13.8. The maximum Gasteiger partial charge on any atom is 0.257 e. The van der Waals surface area contributed by atoms with E-state index >= 15 is 0 Å². The molecule has 7 heteroatoms. The summed E-state index contributed by atoms with van der Waals surface area (Å²) >= 11 is 3.26. The van der Waals surface area contributed by atoms with Gasteiger partial charge in [0, 0.05) is 27.2 Å². The van der Waals surface area contributed by atoms with Crippen LogP contribution in [0, 0.1) is 6.92 Å². The fraction of sp³-hybridized carbons (Fsp3) is 0.412. The number of hydrogen-bond acceptors (Lipinski definition) is 6. The van der Waals surface area contributed by atoms with Gasteiger partial charge in [0.05, 0.1) is 23.8 Å². The second-order valence-electron chi connectivity index (χ2n) is 6.66. The maximum atomic E-state index is 12.8. The third kappa shape index (κ3) is 3.29. The van der Waals surface area contributed by atoms with E-state index in [1.165, 1.54) is 12.8 Å². The van der Waals surface area contributed by atoms with Crippen LogP contribution < -0.4 is 10.0 Å². The molecule has 0 unspecified atom stereocenters. The number of rotatable bonds is 5. The van der Waals surface area contributed by atoms with E-state index in [-0.39, 0.29) is 11.4 Å². The first-order valence-electron chi connectivity index (χ1n) is 8.05. The Hall–Kier alpha value is -1.57. The Bertz CT molecular complexity index is 785. The van der Waals surface area contributed by atoms with E-state index in [0.717, 1.165) is 26.0 Å². The summed E-state index contributed by atoms with van der Waals surface area (Å²) in [6.45, 7) is 5.34. The number of thiazole rings is 1. The molecule has 1 aromatic heterocycles. The molecule has 5 nitrogen and oxygen atoms in total. The lowest BCUT2D eigenvalue weighted by atomic mass is 10.1. The van der Waals surface area contributed by atoms with Crippen LogP contribution in [0.5, 0.6) is 0 Å². The molecule has 1 aliphatic carbocycles. The summed E-state index contributed by atoms with van der Waals surface area (Å²) in [5.74, 6) is 0.0786. The van der Waals surface area contributed by atoms with E-state index in [1.54, 1.807) is 23.3 Å². The van der Waals surface area contributed by atoms with Crippen molar-refractivity contribution in [3.05, 3.63) is 39.8 Å². The molecule has 0 saturated heterocycles. The van der Waals surface area contributed by atoms with Crippen molar-refractivity contribution >= 4 is 34.9 Å². The Kier molecular flexibility index (Phi) is 4.02. The highest BCUT2D eigenvalue weighted by Crippen LogP contribution is 2.38. The lowest BCUT2D eigenvalue weighted by molar-refractivity contribution is 0.0747. The summed E-state index contributed by atoms with van der Waals surface area (Å²) in [6.07, 6.45) is 4.29. The maximum absolute atomic E-state index is 12.8. The third-order valence-corrected chi connectivity index (χ3v) is 6.38. The predicted octanol–water partition coefficient (Wildman–Crippen LogP) is 3.63. The van der Waals surface area contributed by atoms with E-state index in [9.17, 15) is 4.79 Å². The molecule has 2 heterocycles. The normalized spacial score (nSPS) is 18.2. The Morgan fingerprint density at radius 2 is 2.29 bits per heavy atom. The van der Waals surface area contributed by atoms with Crippen molar-refractivity contribution in [2.45, 2.75) is 43.7 Å². The van der Waals surface area contributed by atoms with Crippen LogP contribution in [-0.2, 0) is 6.54 Å². The molecule has 2 aromatic rings. The summed E-state index contributed by atoms with van der Waals surface area (Å²) in [4.78, 5) is 21.1. The number of nitrogens with zero attached hydrogens (tertiary/aromatic N) is 2. The molecule has 1 amide bonds. The topological polar surface area (TPSA) is 57.3 Å². The van der Waals surface area contributed by atoms with Crippen molar-refractivity contribution in [2.75, 3.05) is 12.0 Å². The van der Waals surface area contributed by atoms with Crippen LogP contribution in [-0.4, -0.2) is 28.0 Å². The van der Waals surface area contributed by atoms with Crippen LogP contribution in [0.1, 0.15) is 40.0 Å². The van der Waals surface area contributed by atoms with Crippen LogP contribution in [0.2, 0.25) is 0 Å². The highest BCUT2D eigenvalue weighted by molar-refractivity contribution is 7.97. The van der Waals surface area contributed by atoms with Gasteiger partial charge in [0.15, 0.2) is 0 Å². The fourth-order valence-corrected chi connectivity index (χ4v) is 4.30. The summed E-state index contributed by atoms with van der Waals surface area (Å²) in [5, 5.41) is 4.37. The lowest BCUT2D eigenvalue weighted by Gasteiger charge is -2.29. The van der Waals surface area contributed by atoms with Gasteiger partial charge in [-0.1, -0.05) is 0 Å². The SMILES string of the molecule is Cc1ncc(CN2CNc3ccc(SNC4(C)CC4)cc3C2=O)s1. The number of carbonyl (C=O) groups is 1. The number of anilines is 1. The molecule has 0 bridgehead atoms. The average molecular weight is 361 g/mol. The van der Waals surface area contributed by atoms with Gasteiger partial charge in [0.1, 0.15) is 0 Å². The average Bonchev–Trinajstić information content (AvgIpc) is 3.17. The third-order valence-electron chi connectivity index (χ3n) is 4.40. The molecule has 2 N–H and O–H groups in total. The highest BCUT2D eigenvalue weighted by atomic mass is 32.2. The molecule has 1 aliphatic heterocycles. The summed E-state index contributed by atoms with van der Waals surface area (Å²) in [5.41, 5.74) is 1.92. The van der Waals surface area contributed by atoms with Gasteiger partial charge in [-0.25, -0.2) is 4.98 Å². The number of fused-ring (bicyclic) bond motifs is 1. The lowest BCUT2D eigenvalue weighted by Crippen LogP contribution is -2.39. The molecule has 24 heavy (non-hydrogen) atoms. The zero-order valence-corrected chi connectivity index (χ0v) is 15.4. The van der Waals surface area contributed by atoms with E-state index in [0.29, 0.717) is 13.2 Å². The van der Waals surface area contributed by atoms with Crippen LogP contribution in [0.25, 0.3) is 0 Å². The summed E-state index contributed by atoms with van der Waals surface area (Å²) in [6, 6.07) is 6.05. The van der Waals surface area contributed by atoms with Gasteiger partial charge < -0.3 is 10.2 Å². The van der Waals surface area contributed by atoms with Crippen LogP contribution in [0.3, 0.4) is 0 Å². The smallest absolute Gasteiger partial charge is 0.257 e. The molecule has 0 atom stereocenters. The molecule has 126 valence electrons. The van der Waals surface area contributed by atoms with Gasteiger partial charge in [0.2, 0.25) is 0 Å². The molecule has 2 aliphatic rings. The monoisotopic (exact) mass is 360 g/mol. The first-order chi connectivity index (χ1) is 11.5. The molecule has 1 saturated carbocycles. The van der Waals surface area contributed by atoms with Crippen molar-refractivity contribution in [1.29, 1.82) is 0 Å². The standard InChI is InChI=1S/C17H20N4OS2/c1-11-18-8-13(23-11)9-21-10-19-15-4-3-12(7-14(15)16(21)22)24-20-17(2)5-6-17/h3-4,7-8,19-20H,5-6,9-10H2,1-2H3. The first-order valence-corrected chi connectivity index (χ1v) is 9.68. The number of carbonyl (C=O) groups excluding carboxylic acids is 1. The van der Waals surface area contributed by atoms with Gasteiger partial charge in [-0.2, -0.15) is 0 Å². The van der Waals surface area contributed by atoms with Crippen LogP contribution >= 0.6 is 23.3 Å². The van der Waals surface area contributed by atoms with Crippen LogP contribution in [0.4, 0.5) is 5.69 Å². The Morgan fingerprint density at radius 3 is 3.00 bits per heavy atom. The van der Waals surface area contributed by atoms with E-state index in [4.69, 9.17) is 0 Å². The number of benzene rings is 1. The van der Waals surface area contributed by atoms with Gasteiger partial charge in [0.25, 0.3) is 5.91 Å². The van der Waals surface area contributed by atoms with Crippen molar-refractivity contribution in [3.63, 3.8) is 0 Å².